The average molecular weight is 220 g/mol. The van der Waals surface area contributed by atoms with Gasteiger partial charge in [0, 0.05) is 19.3 Å². The van der Waals surface area contributed by atoms with Crippen molar-refractivity contribution >= 4 is 15.7 Å². The van der Waals surface area contributed by atoms with E-state index in [4.69, 9.17) is 0 Å². The predicted octanol–water partition coefficient (Wildman–Crippen LogP) is -1.15. The number of sulfone groups is 1. The lowest BCUT2D eigenvalue weighted by Gasteiger charge is -2.19. The van der Waals surface area contributed by atoms with E-state index in [0.717, 1.165) is 13.0 Å². The minimum Gasteiger partial charge on any atom is -0.341 e. The molecule has 1 aliphatic rings. The van der Waals surface area contributed by atoms with Crippen molar-refractivity contribution < 1.29 is 13.2 Å². The average Bonchev–Trinajstić information content (AvgIpc) is 2.25. The smallest absolute Gasteiger partial charge is 0.236 e. The highest BCUT2D eigenvalue weighted by molar-refractivity contribution is 7.90. The first kappa shape index (κ1) is 11.5. The minimum absolute atomic E-state index is 0.00819. The van der Waals surface area contributed by atoms with Gasteiger partial charge < -0.3 is 10.2 Å². The molecule has 1 heterocycles. The summed E-state index contributed by atoms with van der Waals surface area (Å²) in [4.78, 5) is 13.0. The van der Waals surface area contributed by atoms with Crippen molar-refractivity contribution in [1.29, 1.82) is 0 Å². The van der Waals surface area contributed by atoms with Crippen molar-refractivity contribution in [2.45, 2.75) is 6.42 Å². The van der Waals surface area contributed by atoms with Gasteiger partial charge in [0.1, 0.15) is 9.84 Å². The maximum absolute atomic E-state index is 11.4. The number of amides is 1. The normalized spacial score (nSPS) is 19.5. The van der Waals surface area contributed by atoms with Gasteiger partial charge in [-0.05, 0) is 13.0 Å². The predicted molar refractivity (Wildman–Crippen MR) is 53.8 cm³/mol. The van der Waals surface area contributed by atoms with Gasteiger partial charge >= 0.3 is 0 Å². The van der Waals surface area contributed by atoms with Crippen LogP contribution in [0.2, 0.25) is 0 Å². The van der Waals surface area contributed by atoms with E-state index in [1.165, 1.54) is 6.26 Å². The third-order valence-electron chi connectivity index (χ3n) is 2.14. The van der Waals surface area contributed by atoms with Gasteiger partial charge in [0.15, 0.2) is 0 Å². The number of nitrogens with zero attached hydrogens (tertiary/aromatic N) is 1. The Morgan fingerprint density at radius 1 is 1.50 bits per heavy atom. The second-order valence-corrected chi connectivity index (χ2v) is 5.80. The van der Waals surface area contributed by atoms with Crippen LogP contribution in [-0.2, 0) is 14.6 Å². The highest BCUT2D eigenvalue weighted by Gasteiger charge is 2.17. The number of hydrogen-bond donors (Lipinski definition) is 1. The molecule has 1 aliphatic heterocycles. The van der Waals surface area contributed by atoms with Crippen LogP contribution in [0.1, 0.15) is 6.42 Å². The molecular formula is C8H16N2O3S. The van der Waals surface area contributed by atoms with E-state index in [1.54, 1.807) is 4.90 Å². The first-order valence-electron chi connectivity index (χ1n) is 4.65. The lowest BCUT2D eigenvalue weighted by molar-refractivity contribution is -0.129. The highest BCUT2D eigenvalue weighted by Crippen LogP contribution is 1.97. The van der Waals surface area contributed by atoms with Gasteiger partial charge in [0.25, 0.3) is 0 Å². The van der Waals surface area contributed by atoms with Crippen LogP contribution in [-0.4, -0.2) is 57.4 Å². The van der Waals surface area contributed by atoms with Crippen LogP contribution < -0.4 is 5.32 Å². The monoisotopic (exact) mass is 220 g/mol. The molecule has 1 saturated heterocycles. The fraction of sp³-hybridized carbons (Fsp3) is 0.875. The number of rotatable bonds is 3. The zero-order valence-corrected chi connectivity index (χ0v) is 9.14. The largest absolute Gasteiger partial charge is 0.341 e. The Labute approximate surface area is 84.4 Å². The lowest BCUT2D eigenvalue weighted by Crippen LogP contribution is -2.37. The molecule has 5 nitrogen and oxygen atoms in total. The molecule has 1 N–H and O–H groups in total. The van der Waals surface area contributed by atoms with Crippen LogP contribution >= 0.6 is 0 Å². The fourth-order valence-corrected chi connectivity index (χ4v) is 1.89. The van der Waals surface area contributed by atoms with Crippen molar-refractivity contribution in [2.75, 3.05) is 38.2 Å². The molecule has 0 atom stereocenters. The van der Waals surface area contributed by atoms with Gasteiger partial charge in [0.2, 0.25) is 5.91 Å². The number of carbonyl (C=O) groups is 1. The van der Waals surface area contributed by atoms with Crippen molar-refractivity contribution in [3.05, 3.63) is 0 Å². The first-order valence-corrected chi connectivity index (χ1v) is 6.71. The molecule has 14 heavy (non-hydrogen) atoms. The molecule has 1 amide bonds. The molecule has 0 aliphatic carbocycles. The summed E-state index contributed by atoms with van der Waals surface area (Å²) in [5, 5.41) is 2.98. The number of hydrogen-bond acceptors (Lipinski definition) is 4. The van der Waals surface area contributed by atoms with Crippen LogP contribution in [0.4, 0.5) is 0 Å². The molecule has 0 unspecified atom stereocenters. The van der Waals surface area contributed by atoms with Gasteiger partial charge in [-0.1, -0.05) is 0 Å². The second kappa shape index (κ2) is 4.75. The van der Waals surface area contributed by atoms with E-state index in [0.29, 0.717) is 19.6 Å². The Morgan fingerprint density at radius 3 is 2.86 bits per heavy atom. The number of nitrogens with one attached hydrogen (secondary N) is 1. The maximum atomic E-state index is 11.4. The summed E-state index contributed by atoms with van der Waals surface area (Å²) in [6.07, 6.45) is 2.07. The molecular weight excluding hydrogens is 204 g/mol. The molecule has 0 bridgehead atoms. The van der Waals surface area contributed by atoms with Crippen molar-refractivity contribution in [1.82, 2.24) is 10.2 Å². The molecule has 82 valence electrons. The molecule has 0 radical (unpaired) electrons. The summed E-state index contributed by atoms with van der Waals surface area (Å²) in [6.45, 7) is 2.12. The summed E-state index contributed by atoms with van der Waals surface area (Å²) in [6, 6.07) is 0. The Hall–Kier alpha value is -0.620. The SMILES string of the molecule is CS(=O)(=O)CCN1CCCNCC1=O. The third-order valence-corrected chi connectivity index (χ3v) is 3.07. The Morgan fingerprint density at radius 2 is 2.21 bits per heavy atom. The highest BCUT2D eigenvalue weighted by atomic mass is 32.2. The molecule has 0 aromatic carbocycles. The topological polar surface area (TPSA) is 66.5 Å². The van der Waals surface area contributed by atoms with Crippen molar-refractivity contribution in [3.8, 4) is 0 Å². The van der Waals surface area contributed by atoms with Crippen molar-refractivity contribution in [2.24, 2.45) is 0 Å². The standard InChI is InChI=1S/C8H16N2O3S/c1-14(12,13)6-5-10-4-2-3-9-7-8(10)11/h9H,2-7H2,1H3. The van der Waals surface area contributed by atoms with Gasteiger partial charge in [-0.15, -0.1) is 0 Å². The van der Waals surface area contributed by atoms with E-state index < -0.39 is 9.84 Å². The zero-order chi connectivity index (χ0) is 10.6. The third kappa shape index (κ3) is 4.06. The van der Waals surface area contributed by atoms with Crippen LogP contribution in [0.15, 0.2) is 0 Å². The summed E-state index contributed by atoms with van der Waals surface area (Å²) in [5.41, 5.74) is 0. The molecule has 0 saturated carbocycles. The van der Waals surface area contributed by atoms with Gasteiger partial charge in [0.05, 0.1) is 12.3 Å². The summed E-state index contributed by atoms with van der Waals surface area (Å²) < 4.78 is 21.8. The molecule has 0 aromatic rings. The summed E-state index contributed by atoms with van der Waals surface area (Å²) in [7, 11) is -2.97. The molecule has 1 rings (SSSR count). The van der Waals surface area contributed by atoms with Crippen molar-refractivity contribution in [3.63, 3.8) is 0 Å². The summed E-state index contributed by atoms with van der Waals surface area (Å²) in [5.74, 6) is 0.0461. The van der Waals surface area contributed by atoms with Gasteiger partial charge in [-0.25, -0.2) is 8.42 Å². The van der Waals surface area contributed by atoms with Crippen LogP contribution in [0.5, 0.6) is 0 Å². The maximum Gasteiger partial charge on any atom is 0.236 e. The van der Waals surface area contributed by atoms with Gasteiger partial charge in [-0.2, -0.15) is 0 Å². The lowest BCUT2D eigenvalue weighted by atomic mass is 10.4. The second-order valence-electron chi connectivity index (χ2n) is 3.54. The van der Waals surface area contributed by atoms with Crippen LogP contribution in [0.3, 0.4) is 0 Å². The fourth-order valence-electron chi connectivity index (χ4n) is 1.34. The van der Waals surface area contributed by atoms with E-state index in [9.17, 15) is 13.2 Å². The Kier molecular flexibility index (Phi) is 3.88. The van der Waals surface area contributed by atoms with Crippen LogP contribution in [0.25, 0.3) is 0 Å². The quantitative estimate of drug-likeness (QED) is 0.652. The minimum atomic E-state index is -2.97. The molecule has 1 fully saturated rings. The molecule has 0 spiro atoms. The zero-order valence-electron chi connectivity index (χ0n) is 8.32. The summed E-state index contributed by atoms with van der Waals surface area (Å²) >= 11 is 0. The molecule has 0 aromatic heterocycles. The number of carbonyl (C=O) groups excluding carboxylic acids is 1. The van der Waals surface area contributed by atoms with E-state index in [1.807, 2.05) is 0 Å². The van der Waals surface area contributed by atoms with Crippen LogP contribution in [0, 0.1) is 0 Å². The Balaban J connectivity index is 2.45. The first-order chi connectivity index (χ1) is 6.49. The van der Waals surface area contributed by atoms with E-state index >= 15 is 0 Å². The Bertz CT molecular complexity index is 300. The van der Waals surface area contributed by atoms with Gasteiger partial charge in [-0.3, -0.25) is 4.79 Å². The van der Waals surface area contributed by atoms with E-state index in [-0.39, 0.29) is 11.7 Å². The van der Waals surface area contributed by atoms with E-state index in [2.05, 4.69) is 5.32 Å². The molecule has 6 heteroatoms.